The molecule has 3 heterocycles. The van der Waals surface area contributed by atoms with Crippen LogP contribution in [0.5, 0.6) is 0 Å². The van der Waals surface area contributed by atoms with Gasteiger partial charge in [-0.15, -0.1) is 11.3 Å². The fraction of sp³-hybridized carbons (Fsp3) is 0.261. The maximum atomic E-state index is 12.6. The lowest BCUT2D eigenvalue weighted by Gasteiger charge is -2.27. The zero-order valence-electron chi connectivity index (χ0n) is 17.0. The van der Waals surface area contributed by atoms with Crippen LogP contribution in [0.25, 0.3) is 0 Å². The summed E-state index contributed by atoms with van der Waals surface area (Å²) in [5.41, 5.74) is 4.07. The van der Waals surface area contributed by atoms with Gasteiger partial charge in [-0.2, -0.15) is 0 Å². The molecule has 1 saturated heterocycles. The van der Waals surface area contributed by atoms with E-state index < -0.39 is 0 Å². The number of hydrogen-bond acceptors (Lipinski definition) is 4. The number of benzene rings is 1. The van der Waals surface area contributed by atoms with Crippen LogP contribution in [-0.4, -0.2) is 27.4 Å². The van der Waals surface area contributed by atoms with Gasteiger partial charge >= 0.3 is 0 Å². The van der Waals surface area contributed by atoms with Gasteiger partial charge in [0.25, 0.3) is 0 Å². The molecular formula is C23H24N4OS2. The van der Waals surface area contributed by atoms with Gasteiger partial charge in [0, 0.05) is 29.7 Å². The SMILES string of the molecule is Cc1ccccc1NC(=O)CCN1C(=S)NC(c2ccccn2)C1c1sccc1C. The second kappa shape index (κ2) is 8.93. The molecular weight excluding hydrogens is 412 g/mol. The number of anilines is 1. The van der Waals surface area contributed by atoms with E-state index in [0.717, 1.165) is 16.9 Å². The molecule has 2 atom stereocenters. The minimum Gasteiger partial charge on any atom is -0.352 e. The fourth-order valence-corrected chi connectivity index (χ4v) is 5.17. The molecule has 2 N–H and O–H groups in total. The van der Waals surface area contributed by atoms with Crippen LogP contribution < -0.4 is 10.6 Å². The van der Waals surface area contributed by atoms with Gasteiger partial charge in [0.15, 0.2) is 5.11 Å². The monoisotopic (exact) mass is 436 g/mol. The molecule has 1 amide bonds. The van der Waals surface area contributed by atoms with Crippen LogP contribution >= 0.6 is 23.6 Å². The zero-order chi connectivity index (χ0) is 21.1. The van der Waals surface area contributed by atoms with Crippen LogP contribution in [0.15, 0.2) is 60.1 Å². The van der Waals surface area contributed by atoms with Crippen LogP contribution in [0.2, 0.25) is 0 Å². The largest absolute Gasteiger partial charge is 0.352 e. The third-order valence-corrected chi connectivity index (χ3v) is 6.81. The van der Waals surface area contributed by atoms with E-state index in [0.29, 0.717) is 18.1 Å². The first-order chi connectivity index (χ1) is 14.5. The minimum absolute atomic E-state index is 0.0126. The summed E-state index contributed by atoms with van der Waals surface area (Å²) in [4.78, 5) is 20.6. The number of aromatic nitrogens is 1. The summed E-state index contributed by atoms with van der Waals surface area (Å²) in [7, 11) is 0. The van der Waals surface area contributed by atoms with E-state index in [4.69, 9.17) is 12.2 Å². The van der Waals surface area contributed by atoms with Crippen molar-refractivity contribution in [3.05, 3.63) is 81.8 Å². The van der Waals surface area contributed by atoms with Gasteiger partial charge in [0.2, 0.25) is 5.91 Å². The maximum Gasteiger partial charge on any atom is 0.226 e. The maximum absolute atomic E-state index is 12.6. The predicted molar refractivity (Wildman–Crippen MR) is 126 cm³/mol. The first kappa shape index (κ1) is 20.5. The smallest absolute Gasteiger partial charge is 0.226 e. The summed E-state index contributed by atoms with van der Waals surface area (Å²) < 4.78 is 0. The van der Waals surface area contributed by atoms with Crippen LogP contribution in [-0.2, 0) is 4.79 Å². The second-order valence-corrected chi connectivity index (χ2v) is 8.74. The molecule has 0 aliphatic carbocycles. The van der Waals surface area contributed by atoms with Gasteiger partial charge in [-0.05, 0) is 66.8 Å². The summed E-state index contributed by atoms with van der Waals surface area (Å²) in [6.07, 6.45) is 2.16. The number of thiocarbonyl (C=S) groups is 1. The van der Waals surface area contributed by atoms with Crippen molar-refractivity contribution in [2.24, 2.45) is 0 Å². The molecule has 1 fully saturated rings. The number of aryl methyl sites for hydroxylation is 2. The molecule has 0 spiro atoms. The highest BCUT2D eigenvalue weighted by atomic mass is 32.1. The van der Waals surface area contributed by atoms with Crippen molar-refractivity contribution >= 4 is 40.3 Å². The summed E-state index contributed by atoms with van der Waals surface area (Å²) in [5, 5.41) is 9.21. The Balaban J connectivity index is 1.53. The molecule has 0 radical (unpaired) electrons. The molecule has 5 nitrogen and oxygen atoms in total. The van der Waals surface area contributed by atoms with Gasteiger partial charge in [-0.25, -0.2) is 0 Å². The van der Waals surface area contributed by atoms with Crippen molar-refractivity contribution in [3.63, 3.8) is 0 Å². The molecule has 0 saturated carbocycles. The van der Waals surface area contributed by atoms with Crippen molar-refractivity contribution in [2.75, 3.05) is 11.9 Å². The van der Waals surface area contributed by atoms with Crippen molar-refractivity contribution in [1.82, 2.24) is 15.2 Å². The van der Waals surface area contributed by atoms with Crippen molar-refractivity contribution in [3.8, 4) is 0 Å². The summed E-state index contributed by atoms with van der Waals surface area (Å²) in [6, 6.07) is 15.8. The zero-order valence-corrected chi connectivity index (χ0v) is 18.6. The number of carbonyl (C=O) groups excluding carboxylic acids is 1. The molecule has 2 unspecified atom stereocenters. The number of thiophene rings is 1. The van der Waals surface area contributed by atoms with E-state index in [1.54, 1.807) is 17.5 Å². The average molecular weight is 437 g/mol. The fourth-order valence-electron chi connectivity index (χ4n) is 3.77. The number of amides is 1. The van der Waals surface area contributed by atoms with Crippen LogP contribution in [0.3, 0.4) is 0 Å². The van der Waals surface area contributed by atoms with E-state index >= 15 is 0 Å². The lowest BCUT2D eigenvalue weighted by molar-refractivity contribution is -0.116. The van der Waals surface area contributed by atoms with E-state index in [9.17, 15) is 4.79 Å². The minimum atomic E-state index is -0.0459. The van der Waals surface area contributed by atoms with Crippen LogP contribution in [0.4, 0.5) is 5.69 Å². The van der Waals surface area contributed by atoms with Gasteiger partial charge in [-0.3, -0.25) is 9.78 Å². The highest BCUT2D eigenvalue weighted by Crippen LogP contribution is 2.41. The van der Waals surface area contributed by atoms with Gasteiger partial charge in [-0.1, -0.05) is 24.3 Å². The first-order valence-electron chi connectivity index (χ1n) is 9.92. The van der Waals surface area contributed by atoms with E-state index in [1.165, 1.54) is 10.4 Å². The standard InChI is InChI=1S/C23H24N4OS2/c1-15-7-3-4-8-17(15)25-19(28)10-13-27-21(22-16(2)11-14-30-22)20(26-23(27)29)18-9-5-6-12-24-18/h3-9,11-12,14,20-21H,10,13H2,1-2H3,(H,25,28)(H,26,29). The number of nitrogens with zero attached hydrogens (tertiary/aromatic N) is 2. The van der Waals surface area contributed by atoms with Crippen molar-refractivity contribution in [2.45, 2.75) is 32.4 Å². The number of hydrogen-bond donors (Lipinski definition) is 2. The van der Waals surface area contributed by atoms with E-state index in [1.807, 2.05) is 49.4 Å². The first-order valence-corrected chi connectivity index (χ1v) is 11.2. The molecule has 0 bridgehead atoms. The number of para-hydroxylation sites is 1. The lowest BCUT2D eigenvalue weighted by atomic mass is 10.0. The number of rotatable bonds is 6. The highest BCUT2D eigenvalue weighted by Gasteiger charge is 2.40. The van der Waals surface area contributed by atoms with E-state index in [2.05, 4.69) is 38.9 Å². The molecule has 4 rings (SSSR count). The molecule has 30 heavy (non-hydrogen) atoms. The molecule has 154 valence electrons. The second-order valence-electron chi connectivity index (χ2n) is 7.40. The number of carbonyl (C=O) groups is 1. The Morgan fingerprint density at radius 2 is 1.97 bits per heavy atom. The Kier molecular flexibility index (Phi) is 6.11. The summed E-state index contributed by atoms with van der Waals surface area (Å²) in [6.45, 7) is 4.64. The molecule has 3 aromatic rings. The van der Waals surface area contributed by atoms with Gasteiger partial charge in [0.05, 0.1) is 17.8 Å². The van der Waals surface area contributed by atoms with Crippen LogP contribution in [0, 0.1) is 13.8 Å². The Bertz CT molecular complexity index is 1050. The topological polar surface area (TPSA) is 57.3 Å². The van der Waals surface area contributed by atoms with Gasteiger partial charge < -0.3 is 15.5 Å². The molecule has 7 heteroatoms. The van der Waals surface area contributed by atoms with Crippen molar-refractivity contribution < 1.29 is 4.79 Å². The molecule has 1 aromatic carbocycles. The van der Waals surface area contributed by atoms with Gasteiger partial charge in [0.1, 0.15) is 0 Å². The number of pyridine rings is 1. The Hall–Kier alpha value is -2.77. The average Bonchev–Trinajstić information content (AvgIpc) is 3.31. The Morgan fingerprint density at radius 1 is 1.17 bits per heavy atom. The Morgan fingerprint density at radius 3 is 2.67 bits per heavy atom. The summed E-state index contributed by atoms with van der Waals surface area (Å²) >= 11 is 7.39. The van der Waals surface area contributed by atoms with E-state index in [-0.39, 0.29) is 18.0 Å². The molecule has 1 aliphatic rings. The lowest BCUT2D eigenvalue weighted by Crippen LogP contribution is -2.32. The third kappa shape index (κ3) is 4.22. The molecule has 2 aromatic heterocycles. The van der Waals surface area contributed by atoms with Crippen LogP contribution in [0.1, 0.15) is 40.2 Å². The normalized spacial score (nSPS) is 18.3. The Labute approximate surface area is 186 Å². The predicted octanol–water partition coefficient (Wildman–Crippen LogP) is 4.76. The number of nitrogens with one attached hydrogen (secondary N) is 2. The third-order valence-electron chi connectivity index (χ3n) is 5.37. The summed E-state index contributed by atoms with van der Waals surface area (Å²) in [5.74, 6) is -0.0185. The quantitative estimate of drug-likeness (QED) is 0.546. The van der Waals surface area contributed by atoms with Crippen molar-refractivity contribution in [1.29, 1.82) is 0 Å². The highest BCUT2D eigenvalue weighted by molar-refractivity contribution is 7.80. The molecule has 1 aliphatic heterocycles.